The molecule has 3 nitrogen and oxygen atoms in total. The molecule has 70 valence electrons. The first-order chi connectivity index (χ1) is 6.12. The number of hydrogen-bond donors (Lipinski definition) is 0. The van der Waals surface area contributed by atoms with Gasteiger partial charge in [0.1, 0.15) is 0 Å². The molecule has 1 unspecified atom stereocenters. The van der Waals surface area contributed by atoms with E-state index in [-0.39, 0.29) is 18.4 Å². The number of carbonyl (C=O) groups excluding carboxylic acids is 2. The second kappa shape index (κ2) is 2.69. The maximum atomic E-state index is 11.4. The van der Waals surface area contributed by atoms with Crippen LogP contribution in [0.2, 0.25) is 0 Å². The lowest BCUT2D eigenvalue weighted by atomic mass is 9.74. The van der Waals surface area contributed by atoms with Crippen molar-refractivity contribution < 1.29 is 14.3 Å². The SMILES string of the molecule is CC1=CCC2(CC1)CC(=O)OC2=O. The molecule has 0 N–H and O–H groups in total. The molecular formula is C10H12O3. The van der Waals surface area contributed by atoms with Crippen LogP contribution in [0.25, 0.3) is 0 Å². The Morgan fingerprint density at radius 1 is 1.46 bits per heavy atom. The molecule has 1 aliphatic heterocycles. The molecule has 1 aliphatic carbocycles. The molecule has 0 amide bonds. The van der Waals surface area contributed by atoms with E-state index in [0.717, 1.165) is 12.8 Å². The highest BCUT2D eigenvalue weighted by Gasteiger charge is 2.48. The summed E-state index contributed by atoms with van der Waals surface area (Å²) in [7, 11) is 0. The highest BCUT2D eigenvalue weighted by Crippen LogP contribution is 2.43. The average molecular weight is 180 g/mol. The summed E-state index contributed by atoms with van der Waals surface area (Å²) in [6, 6.07) is 0. The van der Waals surface area contributed by atoms with Crippen LogP contribution in [0, 0.1) is 5.41 Å². The number of cyclic esters (lactones) is 2. The van der Waals surface area contributed by atoms with E-state index in [4.69, 9.17) is 0 Å². The average Bonchev–Trinajstić information content (AvgIpc) is 2.34. The molecule has 2 rings (SSSR count). The van der Waals surface area contributed by atoms with Crippen LogP contribution in [0.4, 0.5) is 0 Å². The molecular weight excluding hydrogens is 168 g/mol. The second-order valence-electron chi connectivity index (χ2n) is 3.97. The highest BCUT2D eigenvalue weighted by atomic mass is 16.6. The Labute approximate surface area is 76.8 Å². The van der Waals surface area contributed by atoms with Crippen molar-refractivity contribution in [1.29, 1.82) is 0 Å². The molecule has 1 atom stereocenters. The monoisotopic (exact) mass is 180 g/mol. The summed E-state index contributed by atoms with van der Waals surface area (Å²) in [5.41, 5.74) is 0.800. The molecule has 3 heteroatoms. The van der Waals surface area contributed by atoms with E-state index in [1.165, 1.54) is 5.57 Å². The van der Waals surface area contributed by atoms with Gasteiger partial charge < -0.3 is 4.74 Å². The lowest BCUT2D eigenvalue weighted by Gasteiger charge is -2.26. The van der Waals surface area contributed by atoms with E-state index in [9.17, 15) is 9.59 Å². The van der Waals surface area contributed by atoms with Crippen molar-refractivity contribution in [2.24, 2.45) is 5.41 Å². The van der Waals surface area contributed by atoms with Gasteiger partial charge in [0.2, 0.25) is 0 Å². The van der Waals surface area contributed by atoms with Crippen LogP contribution in [-0.2, 0) is 14.3 Å². The molecule has 0 radical (unpaired) electrons. The summed E-state index contributed by atoms with van der Waals surface area (Å²) in [5, 5.41) is 0. The molecule has 1 saturated heterocycles. The Morgan fingerprint density at radius 3 is 2.69 bits per heavy atom. The van der Waals surface area contributed by atoms with Gasteiger partial charge in [-0.1, -0.05) is 11.6 Å². The van der Waals surface area contributed by atoms with Gasteiger partial charge in [-0.3, -0.25) is 9.59 Å². The van der Waals surface area contributed by atoms with Crippen LogP contribution in [0.3, 0.4) is 0 Å². The van der Waals surface area contributed by atoms with Gasteiger partial charge in [0.05, 0.1) is 11.8 Å². The summed E-state index contributed by atoms with van der Waals surface area (Å²) in [6.07, 6.45) is 4.66. The normalized spacial score (nSPS) is 33.5. The molecule has 0 bridgehead atoms. The minimum absolute atomic E-state index is 0.273. The molecule has 0 aromatic carbocycles. The summed E-state index contributed by atoms with van der Waals surface area (Å²) < 4.78 is 4.58. The number of hydrogen-bond acceptors (Lipinski definition) is 3. The summed E-state index contributed by atoms with van der Waals surface area (Å²) in [5.74, 6) is -0.681. The highest BCUT2D eigenvalue weighted by molar-refractivity contribution is 5.97. The van der Waals surface area contributed by atoms with Gasteiger partial charge in [-0.15, -0.1) is 0 Å². The third kappa shape index (κ3) is 1.28. The van der Waals surface area contributed by atoms with Gasteiger partial charge in [-0.25, -0.2) is 0 Å². The van der Waals surface area contributed by atoms with Gasteiger partial charge in [0.25, 0.3) is 0 Å². The predicted molar refractivity (Wildman–Crippen MR) is 45.8 cm³/mol. The van der Waals surface area contributed by atoms with Gasteiger partial charge >= 0.3 is 11.9 Å². The molecule has 1 spiro atoms. The Bertz CT molecular complexity index is 303. The second-order valence-corrected chi connectivity index (χ2v) is 3.97. The largest absolute Gasteiger partial charge is 0.393 e. The van der Waals surface area contributed by atoms with E-state index in [1.54, 1.807) is 0 Å². The third-order valence-corrected chi connectivity index (χ3v) is 2.96. The van der Waals surface area contributed by atoms with Crippen molar-refractivity contribution in [2.75, 3.05) is 0 Å². The minimum Gasteiger partial charge on any atom is -0.393 e. The first-order valence-corrected chi connectivity index (χ1v) is 4.53. The molecule has 0 aromatic rings. The van der Waals surface area contributed by atoms with Crippen LogP contribution < -0.4 is 0 Å². The van der Waals surface area contributed by atoms with Crippen molar-refractivity contribution in [1.82, 2.24) is 0 Å². The maximum absolute atomic E-state index is 11.4. The standard InChI is InChI=1S/C10H12O3/c1-7-2-4-10(5-3-7)6-8(11)13-9(10)12/h2H,3-6H2,1H3. The van der Waals surface area contributed by atoms with E-state index >= 15 is 0 Å². The molecule has 0 aromatic heterocycles. The van der Waals surface area contributed by atoms with Crippen LogP contribution in [0.1, 0.15) is 32.6 Å². The Balaban J connectivity index is 2.23. The zero-order chi connectivity index (χ0) is 9.47. The van der Waals surface area contributed by atoms with Crippen molar-refractivity contribution in [3.63, 3.8) is 0 Å². The molecule has 1 fully saturated rings. The molecule has 1 heterocycles. The lowest BCUT2D eigenvalue weighted by Crippen LogP contribution is -2.27. The number of rotatable bonds is 0. The third-order valence-electron chi connectivity index (χ3n) is 2.96. The minimum atomic E-state index is -0.503. The summed E-state index contributed by atoms with van der Waals surface area (Å²) >= 11 is 0. The van der Waals surface area contributed by atoms with E-state index in [1.807, 2.05) is 6.08 Å². The molecule has 13 heavy (non-hydrogen) atoms. The Hall–Kier alpha value is -1.12. The Kier molecular flexibility index (Phi) is 1.75. The maximum Gasteiger partial charge on any atom is 0.320 e. The zero-order valence-corrected chi connectivity index (χ0v) is 7.63. The van der Waals surface area contributed by atoms with Crippen LogP contribution in [0.5, 0.6) is 0 Å². The quantitative estimate of drug-likeness (QED) is 0.323. The number of esters is 2. The number of allylic oxidation sites excluding steroid dienone is 2. The van der Waals surface area contributed by atoms with Crippen molar-refractivity contribution in [3.8, 4) is 0 Å². The van der Waals surface area contributed by atoms with Crippen molar-refractivity contribution in [3.05, 3.63) is 11.6 Å². The number of carbonyl (C=O) groups is 2. The fourth-order valence-corrected chi connectivity index (χ4v) is 1.95. The summed E-state index contributed by atoms with van der Waals surface area (Å²) in [4.78, 5) is 22.3. The summed E-state index contributed by atoms with van der Waals surface area (Å²) in [6.45, 7) is 2.05. The Morgan fingerprint density at radius 2 is 2.23 bits per heavy atom. The first-order valence-electron chi connectivity index (χ1n) is 4.53. The molecule has 2 aliphatic rings. The number of ether oxygens (including phenoxy) is 1. The smallest absolute Gasteiger partial charge is 0.320 e. The molecule has 0 saturated carbocycles. The van der Waals surface area contributed by atoms with Gasteiger partial charge in [-0.05, 0) is 26.2 Å². The van der Waals surface area contributed by atoms with Crippen molar-refractivity contribution in [2.45, 2.75) is 32.6 Å². The lowest BCUT2D eigenvalue weighted by molar-refractivity contribution is -0.155. The van der Waals surface area contributed by atoms with Crippen LogP contribution >= 0.6 is 0 Å². The zero-order valence-electron chi connectivity index (χ0n) is 7.63. The van der Waals surface area contributed by atoms with Gasteiger partial charge in [0.15, 0.2) is 0 Å². The topological polar surface area (TPSA) is 43.4 Å². The van der Waals surface area contributed by atoms with Crippen molar-refractivity contribution >= 4 is 11.9 Å². The van der Waals surface area contributed by atoms with E-state index in [2.05, 4.69) is 11.7 Å². The van der Waals surface area contributed by atoms with Gasteiger partial charge in [0, 0.05) is 0 Å². The fraction of sp³-hybridized carbons (Fsp3) is 0.600. The van der Waals surface area contributed by atoms with E-state index in [0.29, 0.717) is 6.42 Å². The fourth-order valence-electron chi connectivity index (χ4n) is 1.95. The predicted octanol–water partition coefficient (Wildman–Crippen LogP) is 1.58. The van der Waals surface area contributed by atoms with Crippen LogP contribution in [0.15, 0.2) is 11.6 Å². The van der Waals surface area contributed by atoms with Gasteiger partial charge in [-0.2, -0.15) is 0 Å². The van der Waals surface area contributed by atoms with E-state index < -0.39 is 5.41 Å². The van der Waals surface area contributed by atoms with Crippen LogP contribution in [-0.4, -0.2) is 11.9 Å². The first kappa shape index (κ1) is 8.48.